The van der Waals surface area contributed by atoms with Gasteiger partial charge >= 0.3 is 0 Å². The monoisotopic (exact) mass is 307 g/mol. The smallest absolute Gasteiger partial charge is 0.268 e. The van der Waals surface area contributed by atoms with Crippen LogP contribution in [0.2, 0.25) is 0 Å². The van der Waals surface area contributed by atoms with Crippen molar-refractivity contribution in [2.24, 2.45) is 0 Å². The molecule has 3 heterocycles. The van der Waals surface area contributed by atoms with Crippen molar-refractivity contribution in [1.29, 1.82) is 0 Å². The highest BCUT2D eigenvalue weighted by Crippen LogP contribution is 2.13. The normalized spacial score (nSPS) is 16.9. The second-order valence-corrected chi connectivity index (χ2v) is 6.39. The van der Waals surface area contributed by atoms with Gasteiger partial charge in [-0.25, -0.2) is 4.98 Å². The van der Waals surface area contributed by atoms with Crippen molar-refractivity contribution < 1.29 is 0 Å². The van der Waals surface area contributed by atoms with E-state index in [9.17, 15) is 4.79 Å². The Balaban J connectivity index is 1.57. The number of thiophene rings is 1. The second-order valence-electron chi connectivity index (χ2n) is 5.48. The molecule has 6 nitrogen and oxygen atoms in total. The van der Waals surface area contributed by atoms with Gasteiger partial charge < -0.3 is 10.3 Å². The highest BCUT2D eigenvalue weighted by Gasteiger charge is 2.11. The summed E-state index contributed by atoms with van der Waals surface area (Å²) in [4.78, 5) is 24.0. The molecule has 0 atom stereocenters. The maximum atomic E-state index is 11.9. The van der Waals surface area contributed by atoms with E-state index in [-0.39, 0.29) is 5.56 Å². The van der Waals surface area contributed by atoms with Gasteiger partial charge in [0.25, 0.3) is 5.56 Å². The number of aromatic nitrogens is 2. The van der Waals surface area contributed by atoms with Gasteiger partial charge in [0.05, 0.1) is 12.1 Å². The van der Waals surface area contributed by atoms with Crippen molar-refractivity contribution in [3.05, 3.63) is 27.6 Å². The Morgan fingerprint density at radius 3 is 3.05 bits per heavy atom. The van der Waals surface area contributed by atoms with Crippen LogP contribution in [0.1, 0.15) is 5.82 Å². The molecule has 0 saturated carbocycles. The highest BCUT2D eigenvalue weighted by atomic mass is 32.1. The zero-order valence-electron chi connectivity index (χ0n) is 12.3. The van der Waals surface area contributed by atoms with Crippen LogP contribution in [0.25, 0.3) is 10.2 Å². The molecular weight excluding hydrogens is 286 g/mol. The van der Waals surface area contributed by atoms with Crippen molar-refractivity contribution in [1.82, 2.24) is 25.1 Å². The maximum Gasteiger partial charge on any atom is 0.268 e. The molecule has 2 aromatic heterocycles. The number of likely N-dealkylation sites (N-methyl/N-ethyl adjacent to an activating group) is 1. The first-order valence-electron chi connectivity index (χ1n) is 7.30. The van der Waals surface area contributed by atoms with Gasteiger partial charge in [-0.1, -0.05) is 0 Å². The zero-order chi connectivity index (χ0) is 14.7. The van der Waals surface area contributed by atoms with Gasteiger partial charge in [0.1, 0.15) is 10.5 Å². The van der Waals surface area contributed by atoms with Crippen molar-refractivity contribution >= 4 is 21.6 Å². The van der Waals surface area contributed by atoms with Crippen molar-refractivity contribution in [2.75, 3.05) is 46.3 Å². The molecule has 3 rings (SSSR count). The molecule has 21 heavy (non-hydrogen) atoms. The topological polar surface area (TPSA) is 64.3 Å². The number of nitrogens with one attached hydrogen (secondary N) is 2. The van der Waals surface area contributed by atoms with E-state index >= 15 is 0 Å². The van der Waals surface area contributed by atoms with Crippen molar-refractivity contribution in [3.63, 3.8) is 0 Å². The van der Waals surface area contributed by atoms with Gasteiger partial charge in [-0.2, -0.15) is 0 Å². The third-order valence-electron chi connectivity index (χ3n) is 3.79. The van der Waals surface area contributed by atoms with Crippen molar-refractivity contribution in [3.8, 4) is 0 Å². The Hall–Kier alpha value is -1.28. The molecule has 2 aromatic rings. The first-order valence-corrected chi connectivity index (χ1v) is 8.18. The van der Waals surface area contributed by atoms with E-state index in [4.69, 9.17) is 0 Å². The SMILES string of the molecule is CN(CCN1CCNCC1)Cc1nc2ccsc2c(=O)[nH]1. The molecule has 7 heteroatoms. The van der Waals surface area contributed by atoms with Gasteiger partial charge in [-0.05, 0) is 18.5 Å². The molecule has 1 aliphatic heterocycles. The third kappa shape index (κ3) is 3.68. The number of piperazine rings is 1. The molecule has 114 valence electrons. The lowest BCUT2D eigenvalue weighted by Crippen LogP contribution is -2.45. The van der Waals surface area contributed by atoms with Crippen LogP contribution in [-0.2, 0) is 6.54 Å². The first kappa shape index (κ1) is 14.6. The van der Waals surface area contributed by atoms with E-state index in [1.807, 2.05) is 11.4 Å². The van der Waals surface area contributed by atoms with E-state index < -0.39 is 0 Å². The molecular formula is C14H21N5OS. The standard InChI is InChI=1S/C14H21N5OS/c1-18(7-8-19-5-3-15-4-6-19)10-12-16-11-2-9-21-13(11)14(20)17-12/h2,9,15H,3-8,10H2,1H3,(H,16,17,20). The van der Waals surface area contributed by atoms with E-state index in [2.05, 4.69) is 32.1 Å². The summed E-state index contributed by atoms with van der Waals surface area (Å²) in [6.07, 6.45) is 0. The molecule has 0 bridgehead atoms. The lowest BCUT2D eigenvalue weighted by Gasteiger charge is -2.28. The number of nitrogens with zero attached hydrogens (tertiary/aromatic N) is 3. The third-order valence-corrected chi connectivity index (χ3v) is 4.69. The number of aromatic amines is 1. The summed E-state index contributed by atoms with van der Waals surface area (Å²) in [5, 5.41) is 5.27. The Morgan fingerprint density at radius 2 is 2.24 bits per heavy atom. The molecule has 0 radical (unpaired) electrons. The van der Waals surface area contributed by atoms with Gasteiger partial charge in [0, 0.05) is 39.3 Å². The summed E-state index contributed by atoms with van der Waals surface area (Å²) < 4.78 is 0.710. The van der Waals surface area contributed by atoms with E-state index in [0.717, 1.165) is 50.6 Å². The Labute approximate surface area is 127 Å². The summed E-state index contributed by atoms with van der Waals surface area (Å²) in [7, 11) is 2.07. The van der Waals surface area contributed by atoms with E-state index in [0.29, 0.717) is 11.2 Å². The number of H-pyrrole nitrogens is 1. The van der Waals surface area contributed by atoms with Crippen molar-refractivity contribution in [2.45, 2.75) is 6.54 Å². The Kier molecular flexibility index (Phi) is 4.64. The summed E-state index contributed by atoms with van der Waals surface area (Å²) in [5.74, 6) is 0.744. The van der Waals surface area contributed by atoms with Crippen LogP contribution in [0.3, 0.4) is 0 Å². The summed E-state index contributed by atoms with van der Waals surface area (Å²) in [5.41, 5.74) is 0.773. The fourth-order valence-corrected chi connectivity index (χ4v) is 3.30. The molecule has 0 amide bonds. The van der Waals surface area contributed by atoms with Crippen LogP contribution < -0.4 is 10.9 Å². The molecule has 1 saturated heterocycles. The minimum absolute atomic E-state index is 0.0273. The average molecular weight is 307 g/mol. The van der Waals surface area contributed by atoms with Gasteiger partial charge in [0.15, 0.2) is 0 Å². The highest BCUT2D eigenvalue weighted by molar-refractivity contribution is 7.17. The Bertz CT molecular complexity index is 646. The van der Waals surface area contributed by atoms with Crippen LogP contribution >= 0.6 is 11.3 Å². The summed E-state index contributed by atoms with van der Waals surface area (Å²) in [6, 6.07) is 1.90. The number of hydrogen-bond acceptors (Lipinski definition) is 6. The summed E-state index contributed by atoms with van der Waals surface area (Å²) >= 11 is 1.44. The fraction of sp³-hybridized carbons (Fsp3) is 0.571. The molecule has 0 spiro atoms. The van der Waals surface area contributed by atoms with Gasteiger partial charge in [-0.15, -0.1) is 11.3 Å². The minimum Gasteiger partial charge on any atom is -0.314 e. The van der Waals surface area contributed by atoms with Crippen LogP contribution in [-0.4, -0.2) is 66.1 Å². The Morgan fingerprint density at radius 1 is 1.43 bits per heavy atom. The number of hydrogen-bond donors (Lipinski definition) is 2. The van der Waals surface area contributed by atoms with E-state index in [1.165, 1.54) is 11.3 Å². The number of rotatable bonds is 5. The zero-order valence-corrected chi connectivity index (χ0v) is 13.1. The van der Waals surface area contributed by atoms with Crippen LogP contribution in [0, 0.1) is 0 Å². The lowest BCUT2D eigenvalue weighted by atomic mass is 10.3. The fourth-order valence-electron chi connectivity index (χ4n) is 2.58. The molecule has 0 aliphatic carbocycles. The largest absolute Gasteiger partial charge is 0.314 e. The molecule has 1 fully saturated rings. The van der Waals surface area contributed by atoms with Gasteiger partial charge in [0.2, 0.25) is 0 Å². The van der Waals surface area contributed by atoms with Crippen LogP contribution in [0.5, 0.6) is 0 Å². The van der Waals surface area contributed by atoms with E-state index in [1.54, 1.807) is 0 Å². The lowest BCUT2D eigenvalue weighted by molar-refractivity contribution is 0.200. The minimum atomic E-state index is -0.0273. The average Bonchev–Trinajstić information content (AvgIpc) is 2.95. The van der Waals surface area contributed by atoms with Crippen LogP contribution in [0.15, 0.2) is 16.2 Å². The predicted molar refractivity (Wildman–Crippen MR) is 85.9 cm³/mol. The summed E-state index contributed by atoms with van der Waals surface area (Å²) in [6.45, 7) is 7.09. The first-order chi connectivity index (χ1) is 10.2. The molecule has 2 N–H and O–H groups in total. The number of fused-ring (bicyclic) bond motifs is 1. The quantitative estimate of drug-likeness (QED) is 0.833. The molecule has 0 unspecified atom stereocenters. The molecule has 1 aliphatic rings. The molecule has 0 aromatic carbocycles. The predicted octanol–water partition coefficient (Wildman–Crippen LogP) is 0.322. The van der Waals surface area contributed by atoms with Crippen LogP contribution in [0.4, 0.5) is 0 Å². The van der Waals surface area contributed by atoms with Gasteiger partial charge in [-0.3, -0.25) is 14.6 Å². The maximum absolute atomic E-state index is 11.9. The second kappa shape index (κ2) is 6.65.